The molecular formula is C21H14Cl2N2O3S. The van der Waals surface area contributed by atoms with E-state index in [2.05, 4.69) is 10.3 Å². The molecule has 146 valence electrons. The standard InChI is InChI=1S/C21H14Cl2N2O3S/c1-27-16-8-3-2-7-15(16)24-21-25-20(26)18(29-21)11-12-9-10-17(28-12)19-13(22)5-4-6-14(19)23/h2-11H,1H3,(H,24,25,26)/b18-11+. The van der Waals surface area contributed by atoms with Crippen molar-refractivity contribution in [1.82, 2.24) is 5.32 Å². The number of carbonyl (C=O) groups is 1. The van der Waals surface area contributed by atoms with E-state index >= 15 is 0 Å². The SMILES string of the molecule is COc1ccccc1N=C1NC(=O)/C(=C\c2ccc(-c3c(Cl)cccc3Cl)o2)S1. The van der Waals surface area contributed by atoms with Crippen LogP contribution in [-0.2, 0) is 4.79 Å². The lowest BCUT2D eigenvalue weighted by atomic mass is 10.2. The first-order valence-corrected chi connectivity index (χ1v) is 10.1. The fourth-order valence-electron chi connectivity index (χ4n) is 2.74. The van der Waals surface area contributed by atoms with E-state index in [-0.39, 0.29) is 5.91 Å². The van der Waals surface area contributed by atoms with Gasteiger partial charge in [-0.1, -0.05) is 41.4 Å². The van der Waals surface area contributed by atoms with E-state index in [1.54, 1.807) is 43.5 Å². The molecular weight excluding hydrogens is 431 g/mol. The average molecular weight is 445 g/mol. The van der Waals surface area contributed by atoms with E-state index in [0.29, 0.717) is 48.6 Å². The maximum atomic E-state index is 12.3. The van der Waals surface area contributed by atoms with Crippen LogP contribution in [0, 0.1) is 0 Å². The minimum atomic E-state index is -0.252. The van der Waals surface area contributed by atoms with Crippen LogP contribution in [0.4, 0.5) is 5.69 Å². The van der Waals surface area contributed by atoms with Gasteiger partial charge in [0.05, 0.1) is 27.6 Å². The summed E-state index contributed by atoms with van der Waals surface area (Å²) in [5.41, 5.74) is 1.25. The number of amides is 1. The Hall–Kier alpha value is -2.67. The molecule has 1 fully saturated rings. The molecule has 0 bridgehead atoms. The normalized spacial score (nSPS) is 16.4. The van der Waals surface area contributed by atoms with Crippen molar-refractivity contribution in [2.45, 2.75) is 0 Å². The van der Waals surface area contributed by atoms with Gasteiger partial charge in [0.2, 0.25) is 0 Å². The molecule has 1 amide bonds. The van der Waals surface area contributed by atoms with Crippen LogP contribution in [0.15, 0.2) is 68.9 Å². The molecule has 29 heavy (non-hydrogen) atoms. The van der Waals surface area contributed by atoms with Gasteiger partial charge in [-0.25, -0.2) is 4.99 Å². The van der Waals surface area contributed by atoms with Crippen LogP contribution in [0.25, 0.3) is 17.4 Å². The molecule has 0 spiro atoms. The van der Waals surface area contributed by atoms with Gasteiger partial charge in [0.25, 0.3) is 5.91 Å². The van der Waals surface area contributed by atoms with Gasteiger partial charge in [-0.2, -0.15) is 0 Å². The van der Waals surface area contributed by atoms with Crippen molar-refractivity contribution in [3.63, 3.8) is 0 Å². The number of furan rings is 1. The van der Waals surface area contributed by atoms with Crippen molar-refractivity contribution in [2.75, 3.05) is 7.11 Å². The molecule has 1 aromatic heterocycles. The lowest BCUT2D eigenvalue weighted by molar-refractivity contribution is -0.115. The Labute approximate surface area is 181 Å². The third-order valence-electron chi connectivity index (χ3n) is 4.07. The number of thioether (sulfide) groups is 1. The van der Waals surface area contributed by atoms with Gasteiger partial charge >= 0.3 is 0 Å². The Bertz CT molecular complexity index is 1130. The van der Waals surface area contributed by atoms with Gasteiger partial charge in [0.1, 0.15) is 23.0 Å². The van der Waals surface area contributed by atoms with Crippen molar-refractivity contribution in [2.24, 2.45) is 4.99 Å². The first-order chi connectivity index (χ1) is 14.0. The molecule has 2 heterocycles. The highest BCUT2D eigenvalue weighted by atomic mass is 35.5. The second kappa shape index (κ2) is 8.37. The minimum Gasteiger partial charge on any atom is -0.494 e. The number of aliphatic imine (C=N–C) groups is 1. The number of para-hydroxylation sites is 2. The van der Waals surface area contributed by atoms with Crippen LogP contribution < -0.4 is 10.1 Å². The highest BCUT2D eigenvalue weighted by molar-refractivity contribution is 8.18. The summed E-state index contributed by atoms with van der Waals surface area (Å²) in [5.74, 6) is 1.41. The van der Waals surface area contributed by atoms with Crippen LogP contribution in [0.5, 0.6) is 5.75 Å². The number of hydrogen-bond acceptors (Lipinski definition) is 5. The van der Waals surface area contributed by atoms with Gasteiger partial charge in [0, 0.05) is 6.08 Å². The highest BCUT2D eigenvalue weighted by Gasteiger charge is 2.25. The smallest absolute Gasteiger partial charge is 0.264 e. The summed E-state index contributed by atoms with van der Waals surface area (Å²) in [4.78, 5) is 17.2. The number of amidine groups is 1. The van der Waals surface area contributed by atoms with E-state index in [1.165, 1.54) is 11.8 Å². The van der Waals surface area contributed by atoms with Gasteiger partial charge < -0.3 is 14.5 Å². The molecule has 0 radical (unpaired) electrons. The van der Waals surface area contributed by atoms with Crippen LogP contribution in [-0.4, -0.2) is 18.2 Å². The molecule has 5 nitrogen and oxygen atoms in total. The molecule has 3 aromatic rings. The van der Waals surface area contributed by atoms with E-state index in [4.69, 9.17) is 32.4 Å². The van der Waals surface area contributed by atoms with E-state index in [9.17, 15) is 4.79 Å². The maximum Gasteiger partial charge on any atom is 0.264 e. The molecule has 0 unspecified atom stereocenters. The maximum absolute atomic E-state index is 12.3. The number of rotatable bonds is 4. The third-order valence-corrected chi connectivity index (χ3v) is 5.61. The Kier molecular flexibility index (Phi) is 5.67. The van der Waals surface area contributed by atoms with Crippen LogP contribution in [0.1, 0.15) is 5.76 Å². The van der Waals surface area contributed by atoms with Gasteiger partial charge in [0.15, 0.2) is 5.17 Å². The third kappa shape index (κ3) is 4.19. The number of ether oxygens (including phenoxy) is 1. The van der Waals surface area contributed by atoms with Crippen LogP contribution in [0.3, 0.4) is 0 Å². The summed E-state index contributed by atoms with van der Waals surface area (Å²) in [6.07, 6.45) is 1.65. The van der Waals surface area contributed by atoms with Crippen molar-refractivity contribution >= 4 is 57.8 Å². The zero-order chi connectivity index (χ0) is 20.4. The predicted octanol–water partition coefficient (Wildman–Crippen LogP) is 6.15. The number of methoxy groups -OCH3 is 1. The molecule has 2 aromatic carbocycles. The number of nitrogens with one attached hydrogen (secondary N) is 1. The highest BCUT2D eigenvalue weighted by Crippen LogP contribution is 2.37. The van der Waals surface area contributed by atoms with Crippen LogP contribution >= 0.6 is 35.0 Å². The lowest BCUT2D eigenvalue weighted by Crippen LogP contribution is -2.19. The average Bonchev–Trinajstić information content (AvgIpc) is 3.29. The van der Waals surface area contributed by atoms with Crippen molar-refractivity contribution in [3.8, 4) is 17.1 Å². The molecule has 8 heteroatoms. The zero-order valence-electron chi connectivity index (χ0n) is 15.1. The summed E-state index contributed by atoms with van der Waals surface area (Å²) in [7, 11) is 1.57. The van der Waals surface area contributed by atoms with Crippen LogP contribution in [0.2, 0.25) is 10.0 Å². The monoisotopic (exact) mass is 444 g/mol. The second-order valence-corrected chi connectivity index (χ2v) is 7.80. The topological polar surface area (TPSA) is 63.8 Å². The first kappa shape index (κ1) is 19.6. The van der Waals surface area contributed by atoms with Gasteiger partial charge in [-0.3, -0.25) is 4.79 Å². The summed E-state index contributed by atoms with van der Waals surface area (Å²) in [6.45, 7) is 0. The molecule has 4 rings (SSSR count). The Morgan fingerprint density at radius 3 is 2.59 bits per heavy atom. The van der Waals surface area contributed by atoms with E-state index < -0.39 is 0 Å². The van der Waals surface area contributed by atoms with E-state index in [1.807, 2.05) is 24.3 Å². The lowest BCUT2D eigenvalue weighted by Gasteiger charge is -2.03. The Balaban J connectivity index is 1.59. The summed E-state index contributed by atoms with van der Waals surface area (Å²) in [6, 6.07) is 16.1. The molecule has 1 aliphatic heterocycles. The van der Waals surface area contributed by atoms with Crippen molar-refractivity contribution < 1.29 is 13.9 Å². The molecule has 1 aliphatic rings. The zero-order valence-corrected chi connectivity index (χ0v) is 17.4. The molecule has 1 N–H and O–H groups in total. The first-order valence-electron chi connectivity index (χ1n) is 8.52. The quantitative estimate of drug-likeness (QED) is 0.489. The largest absolute Gasteiger partial charge is 0.494 e. The fourth-order valence-corrected chi connectivity index (χ4v) is 4.14. The number of benzene rings is 2. The second-order valence-electron chi connectivity index (χ2n) is 5.95. The number of nitrogens with zero attached hydrogens (tertiary/aromatic N) is 1. The minimum absolute atomic E-state index is 0.252. The number of hydrogen-bond donors (Lipinski definition) is 1. The predicted molar refractivity (Wildman–Crippen MR) is 118 cm³/mol. The van der Waals surface area contributed by atoms with E-state index in [0.717, 1.165) is 0 Å². The summed E-state index contributed by atoms with van der Waals surface area (Å²) < 4.78 is 11.1. The van der Waals surface area contributed by atoms with Crippen molar-refractivity contribution in [3.05, 3.63) is 75.3 Å². The summed E-state index contributed by atoms with van der Waals surface area (Å²) in [5, 5.41) is 4.19. The van der Waals surface area contributed by atoms with Gasteiger partial charge in [-0.05, 0) is 48.2 Å². The Morgan fingerprint density at radius 1 is 1.07 bits per heavy atom. The molecule has 0 aliphatic carbocycles. The number of halogens is 2. The van der Waals surface area contributed by atoms with Crippen molar-refractivity contribution in [1.29, 1.82) is 0 Å². The summed E-state index contributed by atoms with van der Waals surface area (Å²) >= 11 is 13.7. The Morgan fingerprint density at radius 2 is 1.83 bits per heavy atom. The molecule has 0 atom stereocenters. The fraction of sp³-hybridized carbons (Fsp3) is 0.0476. The van der Waals surface area contributed by atoms with Gasteiger partial charge in [-0.15, -0.1) is 0 Å². The molecule has 1 saturated heterocycles. The molecule has 0 saturated carbocycles. The number of carbonyl (C=O) groups excluding carboxylic acids is 1.